The third-order valence-electron chi connectivity index (χ3n) is 5.21. The number of nitrogen functional groups attached to an aromatic ring is 2. The van der Waals surface area contributed by atoms with Crippen LogP contribution in [0.25, 0.3) is 5.57 Å². The van der Waals surface area contributed by atoms with Crippen molar-refractivity contribution in [3.63, 3.8) is 0 Å². The summed E-state index contributed by atoms with van der Waals surface area (Å²) in [7, 11) is 2.62. The van der Waals surface area contributed by atoms with E-state index in [-0.39, 0.29) is 50.9 Å². The Morgan fingerprint density at radius 3 is 2.51 bits per heavy atom. The molecule has 0 radical (unpaired) electrons. The largest absolute Gasteiger partial charge is 0.477 e. The summed E-state index contributed by atoms with van der Waals surface area (Å²) in [6.07, 6.45) is 0. The number of aromatic nitrogens is 3. The van der Waals surface area contributed by atoms with Gasteiger partial charge >= 0.3 is 11.9 Å². The number of carboxylic acid groups (broad SMARTS) is 2. The molecule has 2 aliphatic rings. The molecule has 2 aromatic heterocycles. The van der Waals surface area contributed by atoms with E-state index in [0.29, 0.717) is 0 Å². The van der Waals surface area contributed by atoms with Crippen molar-refractivity contribution in [2.75, 3.05) is 24.3 Å². The molecule has 184 valence electrons. The topological polar surface area (TPSA) is 228 Å². The van der Waals surface area contributed by atoms with Crippen LogP contribution in [0.5, 0.6) is 0 Å². The first-order valence-corrected chi connectivity index (χ1v) is 11.6. The van der Waals surface area contributed by atoms with Crippen molar-refractivity contribution in [1.29, 1.82) is 0 Å². The molecule has 2 atom stereocenters. The first-order chi connectivity index (χ1) is 16.6. The molecule has 17 heteroatoms. The third-order valence-corrected chi connectivity index (χ3v) is 7.17. The average Bonchev–Trinajstić information content (AvgIpc) is 3.36. The molecule has 1 fully saturated rings. The number of carbonyl (C=O) groups excluding carboxylic acids is 2. The Morgan fingerprint density at radius 2 is 1.97 bits per heavy atom. The molecule has 7 N–H and O–H groups in total. The third kappa shape index (κ3) is 3.93. The number of aliphatic carboxylic acids is 1. The lowest BCUT2D eigenvalue weighted by molar-refractivity contribution is -0.149. The second-order valence-corrected chi connectivity index (χ2v) is 9.21. The summed E-state index contributed by atoms with van der Waals surface area (Å²) < 4.78 is 1.16. The number of amides is 2. The van der Waals surface area contributed by atoms with Crippen molar-refractivity contribution < 1.29 is 34.2 Å². The van der Waals surface area contributed by atoms with Gasteiger partial charge in [-0.15, -0.1) is 23.1 Å². The first-order valence-electron chi connectivity index (χ1n) is 9.67. The van der Waals surface area contributed by atoms with Crippen molar-refractivity contribution in [3.8, 4) is 0 Å². The number of carboxylic acids is 2. The number of oxime groups is 1. The van der Waals surface area contributed by atoms with Crippen LogP contribution in [0.15, 0.2) is 16.2 Å². The Bertz CT molecular complexity index is 1330. The normalized spacial score (nSPS) is 19.8. The van der Waals surface area contributed by atoms with Crippen molar-refractivity contribution >= 4 is 69.1 Å². The number of aromatic carboxylic acids is 1. The molecule has 0 spiro atoms. The van der Waals surface area contributed by atoms with E-state index in [1.54, 1.807) is 0 Å². The van der Waals surface area contributed by atoms with Gasteiger partial charge < -0.3 is 36.4 Å². The lowest BCUT2D eigenvalue weighted by Gasteiger charge is -2.49. The quantitative estimate of drug-likeness (QED) is 0.167. The van der Waals surface area contributed by atoms with Crippen LogP contribution >= 0.6 is 23.1 Å². The van der Waals surface area contributed by atoms with Gasteiger partial charge in [0.05, 0.1) is 0 Å². The fourth-order valence-electron chi connectivity index (χ4n) is 3.73. The van der Waals surface area contributed by atoms with Gasteiger partial charge in [-0.2, -0.15) is 0 Å². The molecule has 0 bridgehead atoms. The van der Waals surface area contributed by atoms with Crippen LogP contribution in [0, 0.1) is 0 Å². The van der Waals surface area contributed by atoms with Gasteiger partial charge in [0.25, 0.3) is 11.8 Å². The minimum absolute atomic E-state index is 0.0131. The zero-order valence-corrected chi connectivity index (χ0v) is 19.7. The zero-order valence-electron chi connectivity index (χ0n) is 18.1. The Labute approximate surface area is 204 Å². The van der Waals surface area contributed by atoms with Gasteiger partial charge in [0, 0.05) is 23.8 Å². The minimum Gasteiger partial charge on any atom is -0.477 e. The van der Waals surface area contributed by atoms with Crippen LogP contribution in [0.2, 0.25) is 0 Å². The van der Waals surface area contributed by atoms with Crippen LogP contribution in [0.3, 0.4) is 0 Å². The van der Waals surface area contributed by atoms with Gasteiger partial charge in [-0.25, -0.2) is 19.6 Å². The number of thiazole rings is 1. The molecule has 4 rings (SSSR count). The molecule has 2 aromatic rings. The molecule has 2 aliphatic heterocycles. The van der Waals surface area contributed by atoms with Crippen molar-refractivity contribution in [3.05, 3.63) is 28.3 Å². The average molecular weight is 523 g/mol. The molecule has 35 heavy (non-hydrogen) atoms. The summed E-state index contributed by atoms with van der Waals surface area (Å²) >= 11 is 2.26. The number of hydrogen-bond donors (Lipinski definition) is 5. The van der Waals surface area contributed by atoms with Gasteiger partial charge in [0.2, 0.25) is 0 Å². The van der Waals surface area contributed by atoms with Gasteiger partial charge in [-0.3, -0.25) is 14.5 Å². The molecule has 15 nitrogen and oxygen atoms in total. The van der Waals surface area contributed by atoms with Crippen LogP contribution in [-0.4, -0.2) is 83.4 Å². The van der Waals surface area contributed by atoms with E-state index in [2.05, 4.69) is 20.4 Å². The predicted octanol–water partition coefficient (Wildman–Crippen LogP) is -1.01. The molecule has 0 aromatic carbocycles. The number of rotatable bonds is 7. The van der Waals surface area contributed by atoms with Crippen LogP contribution < -0.4 is 16.8 Å². The lowest BCUT2D eigenvalue weighted by atomic mass is 10.0. The Kier molecular flexibility index (Phi) is 6.12. The number of imidazole rings is 1. The maximum absolute atomic E-state index is 13.0. The number of carbonyl (C=O) groups is 4. The van der Waals surface area contributed by atoms with E-state index in [0.717, 1.165) is 20.8 Å². The summed E-state index contributed by atoms with van der Waals surface area (Å²) in [6, 6.07) is -1.05. The van der Waals surface area contributed by atoms with Gasteiger partial charge in [0.1, 0.15) is 35.7 Å². The van der Waals surface area contributed by atoms with E-state index in [9.17, 15) is 29.4 Å². The van der Waals surface area contributed by atoms with Crippen LogP contribution in [-0.2, 0) is 26.3 Å². The highest BCUT2D eigenvalue weighted by atomic mass is 32.2. The Hall–Kier alpha value is -4.12. The lowest BCUT2D eigenvalue weighted by Crippen LogP contribution is -2.71. The van der Waals surface area contributed by atoms with E-state index >= 15 is 0 Å². The summed E-state index contributed by atoms with van der Waals surface area (Å²) in [4.78, 5) is 63.1. The number of nitrogens with zero attached hydrogens (tertiary/aromatic N) is 5. The molecular formula is C18H18N8O7S2. The number of β-lactam (4-membered cyclic amide) rings is 1. The molecule has 2 amide bonds. The van der Waals surface area contributed by atoms with E-state index in [4.69, 9.17) is 16.3 Å². The SMILES string of the molecule is CO/N=C(\C(=O)N[C@@H]1C(=O)N2C(C(=O)O)=C(c3nc(N)c(C(=O)O)n3C)CS[C@H]12)c1csc(N)n1. The molecule has 1 saturated heterocycles. The smallest absolute Gasteiger partial charge is 0.356 e. The highest BCUT2D eigenvalue weighted by Gasteiger charge is 2.55. The summed E-state index contributed by atoms with van der Waals surface area (Å²) in [5, 5.41) is 26.4. The Balaban J connectivity index is 1.63. The monoisotopic (exact) mass is 522 g/mol. The fraction of sp³-hybridized carbons (Fsp3) is 0.278. The number of thioether (sulfide) groups is 1. The van der Waals surface area contributed by atoms with Crippen molar-refractivity contribution in [2.45, 2.75) is 11.4 Å². The summed E-state index contributed by atoms with van der Waals surface area (Å²) in [6.45, 7) is 0. The molecule has 0 unspecified atom stereocenters. The van der Waals surface area contributed by atoms with E-state index in [1.165, 1.54) is 31.3 Å². The second-order valence-electron chi connectivity index (χ2n) is 7.22. The number of nitrogens with one attached hydrogen (secondary N) is 1. The van der Waals surface area contributed by atoms with E-state index < -0.39 is 35.2 Å². The number of fused-ring (bicyclic) bond motifs is 1. The summed E-state index contributed by atoms with van der Waals surface area (Å²) in [5.74, 6) is -4.40. The minimum atomic E-state index is -1.42. The number of nitrogens with two attached hydrogens (primary N) is 2. The van der Waals surface area contributed by atoms with Crippen LogP contribution in [0.1, 0.15) is 22.0 Å². The second kappa shape index (κ2) is 8.91. The van der Waals surface area contributed by atoms with Gasteiger partial charge in [-0.05, 0) is 0 Å². The number of anilines is 2. The highest BCUT2D eigenvalue weighted by molar-refractivity contribution is 8.00. The first kappa shape index (κ1) is 24.0. The standard InChI is InChI=1S/C18H18N8O7S2/c1-25-10(17(31)32)11(19)23-12(25)5-3-34-15-8(14(28)26(15)9(5)16(29)30)22-13(27)7(24-33-2)6-4-35-18(20)21-6/h4,8,15H,3,19H2,1-2H3,(H2,20,21)(H,22,27)(H,29,30)(H,31,32)/b24-7-/t8-,15-/m1/s1. The van der Waals surface area contributed by atoms with Gasteiger partial charge in [-0.1, -0.05) is 5.16 Å². The van der Waals surface area contributed by atoms with Crippen molar-refractivity contribution in [2.24, 2.45) is 12.2 Å². The molecule has 0 aliphatic carbocycles. The van der Waals surface area contributed by atoms with Crippen LogP contribution in [0.4, 0.5) is 10.9 Å². The van der Waals surface area contributed by atoms with Crippen molar-refractivity contribution in [1.82, 2.24) is 24.8 Å². The maximum Gasteiger partial charge on any atom is 0.356 e. The molecular weight excluding hydrogens is 504 g/mol. The Morgan fingerprint density at radius 1 is 1.26 bits per heavy atom. The number of hydrogen-bond acceptors (Lipinski definition) is 12. The van der Waals surface area contributed by atoms with E-state index in [1.807, 2.05) is 0 Å². The molecule has 4 heterocycles. The summed E-state index contributed by atoms with van der Waals surface area (Å²) in [5.41, 5.74) is 10.7. The van der Waals surface area contributed by atoms with Gasteiger partial charge in [0.15, 0.2) is 22.4 Å². The highest BCUT2D eigenvalue weighted by Crippen LogP contribution is 2.43. The maximum atomic E-state index is 13.0. The fourth-order valence-corrected chi connectivity index (χ4v) is 5.62. The zero-order chi connectivity index (χ0) is 25.6. The molecule has 0 saturated carbocycles. The predicted molar refractivity (Wildman–Crippen MR) is 124 cm³/mol.